The lowest BCUT2D eigenvalue weighted by atomic mass is 9.95. The van der Waals surface area contributed by atoms with Gasteiger partial charge in [0.25, 0.3) is 5.56 Å². The van der Waals surface area contributed by atoms with Gasteiger partial charge >= 0.3 is 0 Å². The minimum absolute atomic E-state index is 0.191. The predicted octanol–water partition coefficient (Wildman–Crippen LogP) is 4.09. The quantitative estimate of drug-likeness (QED) is 0.369. The van der Waals surface area contributed by atoms with E-state index in [0.717, 1.165) is 49.8 Å². The minimum atomic E-state index is -0.437. The van der Waals surface area contributed by atoms with Crippen molar-refractivity contribution in [3.63, 3.8) is 0 Å². The molecule has 40 heavy (non-hydrogen) atoms. The Morgan fingerprint density at radius 3 is 2.35 bits per heavy atom. The largest absolute Gasteiger partial charge is 0.493 e. The van der Waals surface area contributed by atoms with Crippen LogP contribution >= 0.6 is 0 Å². The number of ether oxygens (including phenoxy) is 2. The standard InChI is InChI=1S/C29H34FN7O3/c1-39-25-17-19-16-23(29(38)31-24(19)18-26(25)40-2)27(28-32-33-34-37(28)22-6-4-3-5-7-22)36-14-12-35(13-15-36)21-10-8-20(30)9-11-21/h8-11,16-18,22,27H,3-7,12-15H2,1-2H3,(H,31,38). The number of hydrogen-bond acceptors (Lipinski definition) is 8. The Hall–Kier alpha value is -3.99. The van der Waals surface area contributed by atoms with Gasteiger partial charge in [0, 0.05) is 48.9 Å². The highest BCUT2D eigenvalue weighted by Crippen LogP contribution is 2.36. The molecule has 2 aromatic heterocycles. The number of methoxy groups -OCH3 is 2. The van der Waals surface area contributed by atoms with Crippen LogP contribution in [0, 0.1) is 5.82 Å². The monoisotopic (exact) mass is 547 g/mol. The topological polar surface area (TPSA) is 101 Å². The van der Waals surface area contributed by atoms with Gasteiger partial charge in [0.15, 0.2) is 17.3 Å². The van der Waals surface area contributed by atoms with E-state index in [1.807, 2.05) is 28.9 Å². The molecule has 1 unspecified atom stereocenters. The zero-order chi connectivity index (χ0) is 27.6. The van der Waals surface area contributed by atoms with Crippen LogP contribution in [0.25, 0.3) is 10.9 Å². The lowest BCUT2D eigenvalue weighted by molar-refractivity contribution is 0.192. The smallest absolute Gasteiger partial charge is 0.253 e. The first-order valence-electron chi connectivity index (χ1n) is 13.9. The van der Waals surface area contributed by atoms with E-state index >= 15 is 0 Å². The summed E-state index contributed by atoms with van der Waals surface area (Å²) in [5.41, 5.74) is 2.04. The Kier molecular flexibility index (Phi) is 7.38. The number of hydrogen-bond donors (Lipinski definition) is 1. The van der Waals surface area contributed by atoms with Gasteiger partial charge in [-0.3, -0.25) is 9.69 Å². The average Bonchev–Trinajstić information content (AvgIpc) is 3.47. The summed E-state index contributed by atoms with van der Waals surface area (Å²) in [5.74, 6) is 1.58. The number of nitrogens with one attached hydrogen (secondary N) is 1. The molecule has 0 radical (unpaired) electrons. The van der Waals surface area contributed by atoms with E-state index in [0.29, 0.717) is 41.5 Å². The molecule has 1 saturated heterocycles. The van der Waals surface area contributed by atoms with Crippen LogP contribution in [-0.2, 0) is 0 Å². The van der Waals surface area contributed by atoms with Crippen LogP contribution in [0.5, 0.6) is 11.5 Å². The normalized spacial score (nSPS) is 17.7. The number of piperazine rings is 1. The van der Waals surface area contributed by atoms with Gasteiger partial charge in [0.1, 0.15) is 11.9 Å². The Balaban J connectivity index is 1.40. The van der Waals surface area contributed by atoms with Crippen molar-refractivity contribution in [2.75, 3.05) is 45.3 Å². The minimum Gasteiger partial charge on any atom is -0.493 e. The van der Waals surface area contributed by atoms with E-state index in [-0.39, 0.29) is 17.4 Å². The fourth-order valence-electron chi connectivity index (χ4n) is 6.11. The Labute approximate surface area is 231 Å². The molecule has 10 nitrogen and oxygen atoms in total. The van der Waals surface area contributed by atoms with Crippen LogP contribution in [0.15, 0.2) is 47.3 Å². The van der Waals surface area contributed by atoms with Gasteiger partial charge in [0.2, 0.25) is 0 Å². The molecule has 0 amide bonds. The van der Waals surface area contributed by atoms with E-state index < -0.39 is 6.04 Å². The maximum Gasteiger partial charge on any atom is 0.253 e. The van der Waals surface area contributed by atoms with Crippen molar-refractivity contribution >= 4 is 16.6 Å². The molecular weight excluding hydrogens is 513 g/mol. The number of tetrazole rings is 1. The molecule has 11 heteroatoms. The number of nitrogens with zero attached hydrogens (tertiary/aromatic N) is 6. The number of H-pyrrole nitrogens is 1. The molecular formula is C29H34FN7O3. The fraction of sp³-hybridized carbons (Fsp3) is 0.448. The molecule has 1 aliphatic carbocycles. The second-order valence-electron chi connectivity index (χ2n) is 10.5. The van der Waals surface area contributed by atoms with Crippen molar-refractivity contribution in [1.82, 2.24) is 30.1 Å². The van der Waals surface area contributed by atoms with Crippen molar-refractivity contribution in [2.45, 2.75) is 44.2 Å². The SMILES string of the molecule is COc1cc2cc(C(c3nnnn3C3CCCCC3)N3CCN(c4ccc(F)cc4)CC3)c(=O)[nH]c2cc1OC. The third-order valence-electron chi connectivity index (χ3n) is 8.23. The highest BCUT2D eigenvalue weighted by Gasteiger charge is 2.34. The third-order valence-corrected chi connectivity index (χ3v) is 8.23. The third kappa shape index (κ3) is 5.01. The molecule has 1 saturated carbocycles. The summed E-state index contributed by atoms with van der Waals surface area (Å²) in [5, 5.41) is 13.9. The Bertz CT molecular complexity index is 1520. The van der Waals surface area contributed by atoms with Crippen molar-refractivity contribution in [3.05, 3.63) is 70.0 Å². The van der Waals surface area contributed by atoms with Crippen molar-refractivity contribution < 1.29 is 13.9 Å². The van der Waals surface area contributed by atoms with Crippen molar-refractivity contribution in [3.8, 4) is 11.5 Å². The number of aromatic amines is 1. The van der Waals surface area contributed by atoms with Gasteiger partial charge in [-0.2, -0.15) is 0 Å². The molecule has 4 aromatic rings. The van der Waals surface area contributed by atoms with Gasteiger partial charge in [0.05, 0.1) is 25.8 Å². The van der Waals surface area contributed by atoms with Crippen LogP contribution in [0.2, 0.25) is 0 Å². The summed E-state index contributed by atoms with van der Waals surface area (Å²) in [4.78, 5) is 21.3. The summed E-state index contributed by atoms with van der Waals surface area (Å²) in [7, 11) is 3.17. The number of fused-ring (bicyclic) bond motifs is 1. The van der Waals surface area contributed by atoms with Gasteiger partial charge in [-0.15, -0.1) is 5.10 Å². The van der Waals surface area contributed by atoms with E-state index in [1.165, 1.54) is 18.6 Å². The zero-order valence-electron chi connectivity index (χ0n) is 22.8. The van der Waals surface area contributed by atoms with E-state index in [4.69, 9.17) is 9.47 Å². The fourth-order valence-corrected chi connectivity index (χ4v) is 6.11. The van der Waals surface area contributed by atoms with Crippen LogP contribution in [0.3, 0.4) is 0 Å². The second-order valence-corrected chi connectivity index (χ2v) is 10.5. The lowest BCUT2D eigenvalue weighted by Gasteiger charge is -2.40. The molecule has 6 rings (SSSR count). The molecule has 1 aliphatic heterocycles. The van der Waals surface area contributed by atoms with E-state index in [9.17, 15) is 9.18 Å². The van der Waals surface area contributed by atoms with Gasteiger partial charge in [-0.05, 0) is 59.7 Å². The molecule has 1 atom stereocenters. The van der Waals surface area contributed by atoms with Gasteiger partial charge in [-0.1, -0.05) is 19.3 Å². The summed E-state index contributed by atoms with van der Waals surface area (Å²) >= 11 is 0. The summed E-state index contributed by atoms with van der Waals surface area (Å²) in [6, 6.07) is 11.9. The lowest BCUT2D eigenvalue weighted by Crippen LogP contribution is -2.49. The number of halogens is 1. The summed E-state index contributed by atoms with van der Waals surface area (Å²) < 4.78 is 26.4. The molecule has 2 fully saturated rings. The molecule has 0 bridgehead atoms. The van der Waals surface area contributed by atoms with Crippen LogP contribution in [-0.4, -0.2) is 70.5 Å². The maximum absolute atomic E-state index is 13.7. The average molecular weight is 548 g/mol. The van der Waals surface area contributed by atoms with Crippen LogP contribution in [0.1, 0.15) is 55.6 Å². The first kappa shape index (κ1) is 26.2. The highest BCUT2D eigenvalue weighted by atomic mass is 19.1. The molecule has 1 N–H and O–H groups in total. The Morgan fingerprint density at radius 1 is 0.950 bits per heavy atom. The van der Waals surface area contributed by atoms with E-state index in [1.54, 1.807) is 20.3 Å². The number of pyridine rings is 1. The maximum atomic E-state index is 13.7. The first-order chi connectivity index (χ1) is 19.6. The first-order valence-corrected chi connectivity index (χ1v) is 13.9. The van der Waals surface area contributed by atoms with Gasteiger partial charge in [-0.25, -0.2) is 9.07 Å². The highest BCUT2D eigenvalue weighted by molar-refractivity contribution is 5.83. The zero-order valence-corrected chi connectivity index (χ0v) is 22.8. The second kappa shape index (κ2) is 11.2. The molecule has 2 aromatic carbocycles. The van der Waals surface area contributed by atoms with E-state index in [2.05, 4.69) is 30.3 Å². The molecule has 210 valence electrons. The number of rotatable bonds is 7. The number of aromatic nitrogens is 5. The van der Waals surface area contributed by atoms with Crippen molar-refractivity contribution in [2.24, 2.45) is 0 Å². The number of anilines is 1. The molecule has 3 heterocycles. The van der Waals surface area contributed by atoms with Crippen LogP contribution in [0.4, 0.5) is 10.1 Å². The summed E-state index contributed by atoms with van der Waals surface area (Å²) in [6.45, 7) is 2.82. The van der Waals surface area contributed by atoms with Gasteiger partial charge < -0.3 is 19.4 Å². The Morgan fingerprint density at radius 2 is 1.65 bits per heavy atom. The molecule has 2 aliphatic rings. The summed E-state index contributed by atoms with van der Waals surface area (Å²) in [6.07, 6.45) is 5.55. The molecule has 0 spiro atoms. The van der Waals surface area contributed by atoms with Crippen LogP contribution < -0.4 is 19.9 Å². The van der Waals surface area contributed by atoms with Crippen molar-refractivity contribution in [1.29, 1.82) is 0 Å². The number of benzene rings is 2. The predicted molar refractivity (Wildman–Crippen MR) is 150 cm³/mol.